The van der Waals surface area contributed by atoms with Gasteiger partial charge in [0, 0.05) is 24.2 Å². The van der Waals surface area contributed by atoms with Crippen molar-refractivity contribution in [3.8, 4) is 0 Å². The number of nitrogens with zero attached hydrogens (tertiary/aromatic N) is 2. The largest absolute Gasteiger partial charge is 0.356 e. The van der Waals surface area contributed by atoms with Gasteiger partial charge in [-0.05, 0) is 52.2 Å². The second-order valence-corrected chi connectivity index (χ2v) is 11.6. The van der Waals surface area contributed by atoms with Crippen molar-refractivity contribution in [3.63, 3.8) is 0 Å². The number of nitrogens with one attached hydrogen (secondary N) is 1. The standard InChI is InChI=1S/C21H33N3O2S.HI/c1-5-22-19(23-14-15-27(25,26)20(2,3)4)24-16-21(12-8-9-13-21)17-10-6-7-11-18(17)24;/h6-7,10-11H,5,8-9,12-16H2,1-4H3,(H,22,23);1H. The third kappa shape index (κ3) is 4.50. The number of halogens is 1. The molecule has 158 valence electrons. The van der Waals surface area contributed by atoms with Gasteiger partial charge in [-0.3, -0.25) is 4.99 Å². The molecule has 28 heavy (non-hydrogen) atoms. The van der Waals surface area contributed by atoms with Crippen LogP contribution in [0.2, 0.25) is 0 Å². The van der Waals surface area contributed by atoms with E-state index in [1.165, 1.54) is 36.9 Å². The average Bonchev–Trinajstić information content (AvgIpc) is 3.20. The molecule has 1 spiro atoms. The molecule has 0 amide bonds. The summed E-state index contributed by atoms with van der Waals surface area (Å²) in [6.07, 6.45) is 5.00. The zero-order valence-electron chi connectivity index (χ0n) is 17.5. The molecule has 1 aliphatic carbocycles. The van der Waals surface area contributed by atoms with Crippen molar-refractivity contribution in [2.75, 3.05) is 30.3 Å². The lowest BCUT2D eigenvalue weighted by atomic mass is 9.81. The second kappa shape index (κ2) is 8.90. The van der Waals surface area contributed by atoms with Crippen molar-refractivity contribution in [1.82, 2.24) is 5.32 Å². The summed E-state index contributed by atoms with van der Waals surface area (Å²) < 4.78 is 24.1. The number of sulfone groups is 1. The smallest absolute Gasteiger partial charge is 0.198 e. The van der Waals surface area contributed by atoms with Crippen molar-refractivity contribution in [2.24, 2.45) is 4.99 Å². The molecule has 1 saturated carbocycles. The summed E-state index contributed by atoms with van der Waals surface area (Å²) in [6, 6.07) is 8.63. The highest BCUT2D eigenvalue weighted by molar-refractivity contribution is 14.0. The van der Waals surface area contributed by atoms with Crippen LogP contribution in [0.15, 0.2) is 29.3 Å². The first kappa shape index (κ1) is 23.4. The number of guanidine groups is 1. The molecule has 5 nitrogen and oxygen atoms in total. The molecule has 1 aliphatic heterocycles. The fourth-order valence-corrected chi connectivity index (χ4v) is 5.22. The normalized spacial score (nSPS) is 18.9. The van der Waals surface area contributed by atoms with Crippen LogP contribution in [0.25, 0.3) is 0 Å². The lowest BCUT2D eigenvalue weighted by molar-refractivity contribution is 0.478. The Balaban J connectivity index is 0.00000280. The fraction of sp³-hybridized carbons (Fsp3) is 0.667. The van der Waals surface area contributed by atoms with Gasteiger partial charge in [-0.25, -0.2) is 8.42 Å². The summed E-state index contributed by atoms with van der Waals surface area (Å²) in [7, 11) is -3.17. The van der Waals surface area contributed by atoms with Gasteiger partial charge in [-0.1, -0.05) is 31.0 Å². The lowest BCUT2D eigenvalue weighted by Crippen LogP contribution is -2.44. The van der Waals surface area contributed by atoms with Crippen molar-refractivity contribution in [2.45, 2.75) is 63.5 Å². The molecular weight excluding hydrogens is 485 g/mol. The average molecular weight is 519 g/mol. The molecule has 1 aromatic rings. The minimum absolute atomic E-state index is 0. The molecule has 1 N–H and O–H groups in total. The van der Waals surface area contributed by atoms with Crippen molar-refractivity contribution < 1.29 is 8.42 Å². The number of anilines is 1. The Hall–Kier alpha value is -0.830. The van der Waals surface area contributed by atoms with Crippen LogP contribution < -0.4 is 10.2 Å². The number of fused-ring (bicyclic) bond motifs is 2. The molecule has 2 aliphatic rings. The Morgan fingerprint density at radius 2 is 1.86 bits per heavy atom. The van der Waals surface area contributed by atoms with E-state index in [4.69, 9.17) is 4.99 Å². The zero-order valence-corrected chi connectivity index (χ0v) is 20.6. The third-order valence-corrected chi connectivity index (χ3v) is 8.52. The number of rotatable bonds is 4. The molecule has 3 rings (SSSR count). The monoisotopic (exact) mass is 519 g/mol. The van der Waals surface area contributed by atoms with Crippen molar-refractivity contribution >= 4 is 45.5 Å². The summed E-state index contributed by atoms with van der Waals surface area (Å²) in [5.41, 5.74) is 2.87. The molecule has 1 aromatic carbocycles. The van der Waals surface area contributed by atoms with E-state index in [1.54, 1.807) is 20.8 Å². The van der Waals surface area contributed by atoms with Crippen LogP contribution in [0.5, 0.6) is 0 Å². The summed E-state index contributed by atoms with van der Waals surface area (Å²) in [6.45, 7) is 9.27. The Kier molecular flexibility index (Phi) is 7.45. The summed E-state index contributed by atoms with van der Waals surface area (Å²) in [5.74, 6) is 0.879. The van der Waals surface area contributed by atoms with E-state index in [-0.39, 0.29) is 41.7 Å². The van der Waals surface area contributed by atoms with Crippen molar-refractivity contribution in [3.05, 3.63) is 29.8 Å². The maximum Gasteiger partial charge on any atom is 0.198 e. The van der Waals surface area contributed by atoms with Crippen LogP contribution in [0.4, 0.5) is 5.69 Å². The first-order valence-electron chi connectivity index (χ1n) is 10.1. The summed E-state index contributed by atoms with van der Waals surface area (Å²) in [5, 5.41) is 3.38. The highest BCUT2D eigenvalue weighted by atomic mass is 127. The fourth-order valence-electron chi connectivity index (χ4n) is 4.27. The molecule has 7 heteroatoms. The molecule has 0 aromatic heterocycles. The topological polar surface area (TPSA) is 61.8 Å². The Morgan fingerprint density at radius 1 is 1.21 bits per heavy atom. The summed E-state index contributed by atoms with van der Waals surface area (Å²) >= 11 is 0. The highest BCUT2D eigenvalue weighted by Gasteiger charge is 2.45. The minimum Gasteiger partial charge on any atom is -0.356 e. The Morgan fingerprint density at radius 3 is 2.46 bits per heavy atom. The Bertz CT molecular complexity index is 809. The van der Waals surface area contributed by atoms with Gasteiger partial charge in [0.15, 0.2) is 15.8 Å². The SMILES string of the molecule is CCNC(=NCCS(=O)(=O)C(C)(C)C)N1CC2(CCCC2)c2ccccc21.I. The van der Waals surface area contributed by atoms with Gasteiger partial charge in [0.1, 0.15) is 0 Å². The zero-order chi connectivity index (χ0) is 19.7. The van der Waals surface area contributed by atoms with Crippen LogP contribution >= 0.6 is 24.0 Å². The van der Waals surface area contributed by atoms with E-state index in [0.717, 1.165) is 19.0 Å². The predicted molar refractivity (Wildman–Crippen MR) is 129 cm³/mol. The van der Waals surface area contributed by atoms with Gasteiger partial charge in [0.25, 0.3) is 0 Å². The highest BCUT2D eigenvalue weighted by Crippen LogP contribution is 2.50. The van der Waals surface area contributed by atoms with Crippen LogP contribution in [0.3, 0.4) is 0 Å². The van der Waals surface area contributed by atoms with E-state index in [0.29, 0.717) is 0 Å². The second-order valence-electron chi connectivity index (χ2n) is 8.76. The van der Waals surface area contributed by atoms with Gasteiger partial charge in [-0.2, -0.15) is 0 Å². The van der Waals surface area contributed by atoms with Gasteiger partial charge in [0.05, 0.1) is 17.0 Å². The first-order chi connectivity index (χ1) is 12.7. The van der Waals surface area contributed by atoms with E-state index in [1.807, 2.05) is 0 Å². The van der Waals surface area contributed by atoms with Gasteiger partial charge >= 0.3 is 0 Å². The maximum atomic E-state index is 12.4. The number of para-hydroxylation sites is 1. The maximum absolute atomic E-state index is 12.4. The third-order valence-electron chi connectivity index (χ3n) is 5.93. The van der Waals surface area contributed by atoms with E-state index in [9.17, 15) is 8.42 Å². The van der Waals surface area contributed by atoms with Gasteiger partial charge in [-0.15, -0.1) is 24.0 Å². The number of hydrogen-bond donors (Lipinski definition) is 1. The van der Waals surface area contributed by atoms with Gasteiger partial charge in [0.2, 0.25) is 0 Å². The molecule has 0 saturated heterocycles. The molecule has 1 heterocycles. The number of hydrogen-bond acceptors (Lipinski definition) is 3. The Labute approximate surface area is 187 Å². The number of aliphatic imine (C=N–C) groups is 1. The molecular formula is C21H34IN3O2S. The minimum atomic E-state index is -3.17. The van der Waals surface area contributed by atoms with Crippen LogP contribution in [-0.4, -0.2) is 44.5 Å². The number of benzene rings is 1. The van der Waals surface area contributed by atoms with Crippen LogP contribution in [0.1, 0.15) is 58.9 Å². The molecule has 0 radical (unpaired) electrons. The molecule has 0 unspecified atom stereocenters. The predicted octanol–water partition coefficient (Wildman–Crippen LogP) is 4.12. The molecule has 0 atom stereocenters. The van der Waals surface area contributed by atoms with Gasteiger partial charge < -0.3 is 10.2 Å². The van der Waals surface area contributed by atoms with Crippen LogP contribution in [-0.2, 0) is 15.3 Å². The summed E-state index contributed by atoms with van der Waals surface area (Å²) in [4.78, 5) is 6.97. The first-order valence-corrected chi connectivity index (χ1v) is 11.7. The molecule has 1 fully saturated rings. The van der Waals surface area contributed by atoms with Crippen molar-refractivity contribution in [1.29, 1.82) is 0 Å². The lowest BCUT2D eigenvalue weighted by Gasteiger charge is -2.27. The van der Waals surface area contributed by atoms with E-state index >= 15 is 0 Å². The quantitative estimate of drug-likeness (QED) is 0.370. The van der Waals surface area contributed by atoms with Crippen LogP contribution in [0, 0.1) is 0 Å². The molecule has 0 bridgehead atoms. The van der Waals surface area contributed by atoms with E-state index < -0.39 is 14.6 Å². The van der Waals surface area contributed by atoms with E-state index in [2.05, 4.69) is 41.4 Å².